The second-order valence-electron chi connectivity index (χ2n) is 8.53. The van der Waals surface area contributed by atoms with Crippen LogP contribution in [-0.2, 0) is 4.79 Å². The number of hydrogen-bond donors (Lipinski definition) is 0. The number of furan rings is 1. The minimum absolute atomic E-state index is 0.219. The minimum atomic E-state index is -0.251. The van der Waals surface area contributed by atoms with E-state index in [1.807, 2.05) is 19.1 Å². The van der Waals surface area contributed by atoms with E-state index in [-0.39, 0.29) is 12.1 Å². The second kappa shape index (κ2) is 9.11. The molecule has 1 aromatic heterocycles. The largest absolute Gasteiger partial charge is 0.461 e. The van der Waals surface area contributed by atoms with Gasteiger partial charge in [-0.15, -0.1) is 0 Å². The van der Waals surface area contributed by atoms with E-state index in [9.17, 15) is 4.79 Å². The fourth-order valence-electron chi connectivity index (χ4n) is 4.90. The van der Waals surface area contributed by atoms with Crippen LogP contribution < -0.4 is 0 Å². The van der Waals surface area contributed by atoms with Gasteiger partial charge in [0, 0.05) is 31.6 Å². The zero-order valence-electron chi connectivity index (χ0n) is 18.4. The zero-order chi connectivity index (χ0) is 21.9. The Morgan fingerprint density at radius 3 is 1.94 bits per heavy atom. The highest BCUT2D eigenvalue weighted by Crippen LogP contribution is 2.31. The van der Waals surface area contributed by atoms with Gasteiger partial charge in [-0.05, 0) is 35.7 Å². The number of fused-ring (bicyclic) bond motifs is 1. The summed E-state index contributed by atoms with van der Waals surface area (Å²) >= 11 is 0. The predicted octanol–water partition coefficient (Wildman–Crippen LogP) is 5.39. The number of nitrogens with zero attached hydrogens (tertiary/aromatic N) is 2. The molecule has 0 amide bonds. The number of aryl methyl sites for hydroxylation is 1. The smallest absolute Gasteiger partial charge is 0.141 e. The second-order valence-corrected chi connectivity index (χ2v) is 8.53. The maximum atomic E-state index is 12.1. The maximum Gasteiger partial charge on any atom is 0.141 e. The summed E-state index contributed by atoms with van der Waals surface area (Å²) in [6, 6.07) is 29.5. The molecule has 0 N–H and O–H groups in total. The van der Waals surface area contributed by atoms with E-state index in [0.717, 1.165) is 54.8 Å². The molecule has 4 aromatic rings. The maximum absolute atomic E-state index is 12.1. The molecule has 0 bridgehead atoms. The van der Waals surface area contributed by atoms with Gasteiger partial charge in [-0.3, -0.25) is 9.80 Å². The Labute approximate surface area is 189 Å². The van der Waals surface area contributed by atoms with Crippen LogP contribution >= 0.6 is 0 Å². The SMILES string of the molecule is Cc1cc2ccc(C(C=O)N3CCN(C(c4ccccc4)c4ccccc4)CC3)cc2o1. The van der Waals surface area contributed by atoms with Crippen LogP contribution in [0.3, 0.4) is 0 Å². The first-order chi connectivity index (χ1) is 15.7. The summed E-state index contributed by atoms with van der Waals surface area (Å²) in [7, 11) is 0. The van der Waals surface area contributed by atoms with E-state index in [2.05, 4.69) is 82.6 Å². The molecule has 162 valence electrons. The van der Waals surface area contributed by atoms with Gasteiger partial charge >= 0.3 is 0 Å². The number of aldehydes is 1. The first-order valence-electron chi connectivity index (χ1n) is 11.3. The number of carbonyl (C=O) groups excluding carboxylic acids is 1. The topological polar surface area (TPSA) is 36.7 Å². The quantitative estimate of drug-likeness (QED) is 0.389. The van der Waals surface area contributed by atoms with Gasteiger partial charge in [-0.25, -0.2) is 0 Å². The molecule has 32 heavy (non-hydrogen) atoms. The molecular weight excluding hydrogens is 396 g/mol. The van der Waals surface area contributed by atoms with Crippen LogP contribution in [-0.4, -0.2) is 42.3 Å². The van der Waals surface area contributed by atoms with Crippen molar-refractivity contribution in [3.05, 3.63) is 107 Å². The summed E-state index contributed by atoms with van der Waals surface area (Å²) in [6.07, 6.45) is 1.07. The van der Waals surface area contributed by atoms with E-state index in [1.54, 1.807) is 0 Å². The van der Waals surface area contributed by atoms with Gasteiger partial charge in [0.05, 0.1) is 12.1 Å². The molecule has 0 spiro atoms. The molecule has 1 fully saturated rings. The Morgan fingerprint density at radius 2 is 1.34 bits per heavy atom. The average molecular weight is 425 g/mol. The monoisotopic (exact) mass is 424 g/mol. The normalized spacial score (nSPS) is 16.4. The van der Waals surface area contributed by atoms with Crippen molar-refractivity contribution in [1.82, 2.24) is 9.80 Å². The molecule has 1 aliphatic heterocycles. The van der Waals surface area contributed by atoms with Crippen LogP contribution in [0.1, 0.15) is 34.5 Å². The highest BCUT2D eigenvalue weighted by atomic mass is 16.3. The summed E-state index contributed by atoms with van der Waals surface area (Å²) in [5, 5.41) is 1.08. The van der Waals surface area contributed by atoms with Gasteiger partial charge in [-0.2, -0.15) is 0 Å². The number of piperazine rings is 1. The molecule has 1 atom stereocenters. The fourth-order valence-corrected chi connectivity index (χ4v) is 4.90. The van der Waals surface area contributed by atoms with Crippen molar-refractivity contribution in [1.29, 1.82) is 0 Å². The van der Waals surface area contributed by atoms with E-state index in [1.165, 1.54) is 11.1 Å². The van der Waals surface area contributed by atoms with Crippen LogP contribution in [0.25, 0.3) is 11.0 Å². The Bertz CT molecular complexity index is 1140. The minimum Gasteiger partial charge on any atom is -0.461 e. The van der Waals surface area contributed by atoms with Crippen molar-refractivity contribution in [2.24, 2.45) is 0 Å². The lowest BCUT2D eigenvalue weighted by Gasteiger charge is -2.41. The molecule has 3 aromatic carbocycles. The summed E-state index contributed by atoms with van der Waals surface area (Å²) in [6.45, 7) is 5.44. The van der Waals surface area contributed by atoms with Crippen molar-refractivity contribution >= 4 is 17.3 Å². The van der Waals surface area contributed by atoms with Crippen LogP contribution in [0, 0.1) is 6.92 Å². The Kier molecular flexibility index (Phi) is 5.89. The lowest BCUT2D eigenvalue weighted by Crippen LogP contribution is -2.49. The summed E-state index contributed by atoms with van der Waals surface area (Å²) < 4.78 is 5.79. The van der Waals surface area contributed by atoms with Gasteiger partial charge in [0.15, 0.2) is 0 Å². The number of carbonyl (C=O) groups is 1. The number of rotatable bonds is 6. The summed E-state index contributed by atoms with van der Waals surface area (Å²) in [5.41, 5.74) is 4.45. The first-order valence-corrected chi connectivity index (χ1v) is 11.3. The lowest BCUT2D eigenvalue weighted by atomic mass is 9.96. The molecular formula is C28H28N2O2. The van der Waals surface area contributed by atoms with Gasteiger partial charge in [0.1, 0.15) is 17.6 Å². The van der Waals surface area contributed by atoms with Crippen LogP contribution in [0.5, 0.6) is 0 Å². The van der Waals surface area contributed by atoms with E-state index in [4.69, 9.17) is 4.42 Å². The molecule has 0 saturated carbocycles. The Balaban J connectivity index is 1.35. The molecule has 1 unspecified atom stereocenters. The fraction of sp³-hybridized carbons (Fsp3) is 0.250. The van der Waals surface area contributed by atoms with Crippen LogP contribution in [0.4, 0.5) is 0 Å². The third kappa shape index (κ3) is 4.12. The van der Waals surface area contributed by atoms with E-state index < -0.39 is 0 Å². The van der Waals surface area contributed by atoms with Crippen molar-refractivity contribution in [3.8, 4) is 0 Å². The van der Waals surface area contributed by atoms with Crippen LogP contribution in [0.2, 0.25) is 0 Å². The zero-order valence-corrected chi connectivity index (χ0v) is 18.4. The first kappa shape index (κ1) is 20.7. The number of benzene rings is 3. The van der Waals surface area contributed by atoms with Crippen molar-refractivity contribution in [2.45, 2.75) is 19.0 Å². The summed E-state index contributed by atoms with van der Waals surface area (Å²) in [4.78, 5) is 16.9. The van der Waals surface area contributed by atoms with Gasteiger partial charge in [0.2, 0.25) is 0 Å². The molecule has 5 rings (SSSR count). The Hall–Kier alpha value is -3.21. The van der Waals surface area contributed by atoms with E-state index >= 15 is 0 Å². The molecule has 2 heterocycles. The molecule has 4 heteroatoms. The third-order valence-electron chi connectivity index (χ3n) is 6.48. The van der Waals surface area contributed by atoms with Crippen molar-refractivity contribution < 1.29 is 9.21 Å². The lowest BCUT2D eigenvalue weighted by molar-refractivity contribution is -0.113. The molecule has 1 saturated heterocycles. The summed E-state index contributed by atoms with van der Waals surface area (Å²) in [5.74, 6) is 0.890. The van der Waals surface area contributed by atoms with Gasteiger partial charge in [-0.1, -0.05) is 72.8 Å². The molecule has 1 aliphatic rings. The number of hydrogen-bond acceptors (Lipinski definition) is 4. The van der Waals surface area contributed by atoms with Gasteiger partial charge < -0.3 is 9.21 Å². The average Bonchev–Trinajstić information content (AvgIpc) is 3.21. The highest BCUT2D eigenvalue weighted by molar-refractivity contribution is 5.79. The van der Waals surface area contributed by atoms with E-state index in [0.29, 0.717) is 0 Å². The molecule has 4 nitrogen and oxygen atoms in total. The standard InChI is InChI=1S/C28H28N2O2/c1-21-18-25-13-12-24(19-27(25)32-21)26(20-31)29-14-16-30(17-15-29)28(22-8-4-2-5-9-22)23-10-6-3-7-11-23/h2-13,18-20,26,28H,14-17H2,1H3. The highest BCUT2D eigenvalue weighted by Gasteiger charge is 2.30. The van der Waals surface area contributed by atoms with Crippen molar-refractivity contribution in [3.63, 3.8) is 0 Å². The molecule has 0 radical (unpaired) electrons. The Morgan fingerprint density at radius 1 is 0.750 bits per heavy atom. The van der Waals surface area contributed by atoms with Crippen molar-refractivity contribution in [2.75, 3.05) is 26.2 Å². The van der Waals surface area contributed by atoms with Crippen LogP contribution in [0.15, 0.2) is 89.3 Å². The van der Waals surface area contributed by atoms with Gasteiger partial charge in [0.25, 0.3) is 0 Å². The molecule has 0 aliphatic carbocycles. The predicted molar refractivity (Wildman–Crippen MR) is 128 cm³/mol. The third-order valence-corrected chi connectivity index (χ3v) is 6.48.